The number of nitrogens with zero attached hydrogens (tertiary/aromatic N) is 5. The van der Waals surface area contributed by atoms with Gasteiger partial charge in [-0.05, 0) is 60.9 Å². The van der Waals surface area contributed by atoms with E-state index in [-0.39, 0.29) is 5.91 Å². The molecule has 0 atom stereocenters. The Kier molecular flexibility index (Phi) is 5.47. The minimum Gasteiger partial charge on any atom is -0.350 e. The van der Waals surface area contributed by atoms with E-state index in [2.05, 4.69) is 43.0 Å². The molecule has 37 heavy (non-hydrogen) atoms. The molecular formula is C30H22N6O. The van der Waals surface area contributed by atoms with Gasteiger partial charge in [0.25, 0.3) is 5.91 Å². The fourth-order valence-corrected chi connectivity index (χ4v) is 4.36. The number of amides is 1. The summed E-state index contributed by atoms with van der Waals surface area (Å²) in [4.78, 5) is 21.7. The van der Waals surface area contributed by atoms with Crippen LogP contribution >= 0.6 is 0 Å². The lowest BCUT2D eigenvalue weighted by Crippen LogP contribution is -2.12. The summed E-state index contributed by atoms with van der Waals surface area (Å²) in [5.74, 6) is 6.12. The maximum atomic E-state index is 13.1. The zero-order valence-electron chi connectivity index (χ0n) is 20.3. The first-order chi connectivity index (χ1) is 18.1. The molecule has 6 aromatic rings. The molecule has 1 amide bonds. The first kappa shape index (κ1) is 22.3. The molecule has 0 fully saturated rings. The number of carbonyl (C=O) groups is 1. The van der Waals surface area contributed by atoms with Crippen molar-refractivity contribution in [1.82, 2.24) is 24.1 Å². The number of pyridine rings is 1. The third-order valence-electron chi connectivity index (χ3n) is 6.32. The van der Waals surface area contributed by atoms with Crippen LogP contribution in [0.15, 0.2) is 91.6 Å². The summed E-state index contributed by atoms with van der Waals surface area (Å²) in [6.07, 6.45) is 9.09. The van der Waals surface area contributed by atoms with Gasteiger partial charge in [-0.2, -0.15) is 5.10 Å². The fourth-order valence-electron chi connectivity index (χ4n) is 4.36. The highest BCUT2D eigenvalue weighted by molar-refractivity contribution is 6.06. The maximum Gasteiger partial charge on any atom is 0.255 e. The number of rotatable bonds is 3. The van der Waals surface area contributed by atoms with Crippen LogP contribution in [0.5, 0.6) is 0 Å². The van der Waals surface area contributed by atoms with Gasteiger partial charge in [-0.25, -0.2) is 9.50 Å². The zero-order valence-corrected chi connectivity index (χ0v) is 20.3. The van der Waals surface area contributed by atoms with Crippen LogP contribution < -0.4 is 5.32 Å². The smallest absolute Gasteiger partial charge is 0.255 e. The van der Waals surface area contributed by atoms with Crippen molar-refractivity contribution >= 4 is 28.1 Å². The summed E-state index contributed by atoms with van der Waals surface area (Å²) in [5.41, 5.74) is 7.62. The number of aromatic nitrogens is 5. The van der Waals surface area contributed by atoms with Crippen LogP contribution in [0.25, 0.3) is 27.7 Å². The molecule has 4 heterocycles. The predicted molar refractivity (Wildman–Crippen MR) is 144 cm³/mol. The summed E-state index contributed by atoms with van der Waals surface area (Å²) < 4.78 is 3.75. The molecule has 0 aliphatic rings. The average Bonchev–Trinajstić information content (AvgIpc) is 3.49. The number of fused-ring (bicyclic) bond motifs is 2. The summed E-state index contributed by atoms with van der Waals surface area (Å²) in [6, 6.07) is 19.2. The van der Waals surface area contributed by atoms with E-state index in [0.717, 1.165) is 44.5 Å². The molecular weight excluding hydrogens is 460 g/mol. The molecule has 178 valence electrons. The van der Waals surface area contributed by atoms with Crippen LogP contribution in [0.2, 0.25) is 0 Å². The number of hydrogen-bond acceptors (Lipinski definition) is 4. The number of anilines is 1. The Balaban J connectivity index is 1.27. The number of imidazole rings is 1. The Bertz CT molecular complexity index is 1850. The molecule has 0 radical (unpaired) electrons. The van der Waals surface area contributed by atoms with Crippen molar-refractivity contribution in [2.75, 3.05) is 5.32 Å². The Hall–Kier alpha value is -5.22. The minimum absolute atomic E-state index is 0.194. The second-order valence-electron chi connectivity index (χ2n) is 8.80. The van der Waals surface area contributed by atoms with E-state index in [1.807, 2.05) is 80.8 Å². The molecule has 7 heteroatoms. The van der Waals surface area contributed by atoms with Crippen molar-refractivity contribution in [3.63, 3.8) is 0 Å². The van der Waals surface area contributed by atoms with E-state index in [4.69, 9.17) is 0 Å². The molecule has 0 bridgehead atoms. The monoisotopic (exact) mass is 482 g/mol. The topological polar surface area (TPSA) is 77.1 Å². The van der Waals surface area contributed by atoms with Gasteiger partial charge in [0, 0.05) is 65.2 Å². The molecule has 0 saturated heterocycles. The number of benzene rings is 2. The van der Waals surface area contributed by atoms with Gasteiger partial charge in [0.2, 0.25) is 0 Å². The van der Waals surface area contributed by atoms with Crippen LogP contribution in [0.1, 0.15) is 27.2 Å². The fraction of sp³-hybridized carbons (Fsp3) is 0.0667. The molecule has 0 spiro atoms. The third-order valence-corrected chi connectivity index (χ3v) is 6.32. The van der Waals surface area contributed by atoms with E-state index < -0.39 is 0 Å². The van der Waals surface area contributed by atoms with E-state index in [1.54, 1.807) is 23.1 Å². The van der Waals surface area contributed by atoms with Gasteiger partial charge in [-0.3, -0.25) is 9.78 Å². The average molecular weight is 483 g/mol. The Morgan fingerprint density at radius 3 is 2.73 bits per heavy atom. The van der Waals surface area contributed by atoms with Gasteiger partial charge in [-0.1, -0.05) is 24.1 Å². The normalized spacial score (nSPS) is 10.9. The van der Waals surface area contributed by atoms with Crippen molar-refractivity contribution in [1.29, 1.82) is 0 Å². The largest absolute Gasteiger partial charge is 0.350 e. The van der Waals surface area contributed by atoms with Gasteiger partial charge in [0.15, 0.2) is 5.65 Å². The van der Waals surface area contributed by atoms with E-state index in [1.165, 1.54) is 0 Å². The van der Waals surface area contributed by atoms with Crippen LogP contribution in [0.3, 0.4) is 0 Å². The van der Waals surface area contributed by atoms with Gasteiger partial charge in [-0.15, -0.1) is 0 Å². The molecule has 2 aromatic carbocycles. The molecule has 7 nitrogen and oxygen atoms in total. The van der Waals surface area contributed by atoms with Crippen molar-refractivity contribution in [2.45, 2.75) is 6.92 Å². The van der Waals surface area contributed by atoms with Gasteiger partial charge >= 0.3 is 0 Å². The Morgan fingerprint density at radius 1 is 0.973 bits per heavy atom. The van der Waals surface area contributed by atoms with Gasteiger partial charge in [0.05, 0.1) is 11.7 Å². The van der Waals surface area contributed by atoms with Crippen molar-refractivity contribution < 1.29 is 4.79 Å². The number of hydrogen-bond donors (Lipinski definition) is 1. The Labute approximate surface area is 213 Å². The summed E-state index contributed by atoms with van der Waals surface area (Å²) in [5, 5.41) is 8.43. The van der Waals surface area contributed by atoms with Crippen LogP contribution in [-0.2, 0) is 7.05 Å². The van der Waals surface area contributed by atoms with E-state index in [9.17, 15) is 4.79 Å². The quantitative estimate of drug-likeness (QED) is 0.350. The summed E-state index contributed by atoms with van der Waals surface area (Å²) >= 11 is 0. The molecule has 4 aromatic heterocycles. The molecule has 0 aliphatic carbocycles. The van der Waals surface area contributed by atoms with E-state index in [0.29, 0.717) is 11.3 Å². The van der Waals surface area contributed by atoms with Crippen molar-refractivity contribution in [2.24, 2.45) is 7.05 Å². The van der Waals surface area contributed by atoms with E-state index >= 15 is 0 Å². The highest BCUT2D eigenvalue weighted by Gasteiger charge is 2.12. The highest BCUT2D eigenvalue weighted by atomic mass is 16.1. The van der Waals surface area contributed by atoms with Crippen molar-refractivity contribution in [3.05, 3.63) is 114 Å². The second kappa shape index (κ2) is 9.10. The first-order valence-corrected chi connectivity index (χ1v) is 11.8. The molecule has 6 rings (SSSR count). The lowest BCUT2D eigenvalue weighted by atomic mass is 10.0. The molecule has 0 saturated carbocycles. The zero-order chi connectivity index (χ0) is 25.4. The lowest BCUT2D eigenvalue weighted by molar-refractivity contribution is 0.102. The SMILES string of the molecule is Cc1ccc(C(=O)Nc2ccc3c(-c4cccnc4)cn(C)c3c2)cc1C#Cc1cnc2cccnn12. The standard InChI is InChI=1S/C30H22N6O/c1-20-7-8-22(15-21(20)9-11-25-18-32-29-6-4-14-33-36(25)29)30(37)34-24-10-12-26-27(19-35(2)28(26)16-24)23-5-3-13-31-17-23/h3-8,10,12-19H,1-2H3,(H,34,37). The second-order valence-corrected chi connectivity index (χ2v) is 8.80. The lowest BCUT2D eigenvalue weighted by Gasteiger charge is -2.08. The van der Waals surface area contributed by atoms with Crippen LogP contribution in [0, 0.1) is 18.8 Å². The molecule has 1 N–H and O–H groups in total. The summed E-state index contributed by atoms with van der Waals surface area (Å²) in [7, 11) is 2.00. The molecule has 0 unspecified atom stereocenters. The number of carbonyl (C=O) groups excluding carboxylic acids is 1. The van der Waals surface area contributed by atoms with Gasteiger partial charge < -0.3 is 9.88 Å². The van der Waals surface area contributed by atoms with Crippen LogP contribution in [0.4, 0.5) is 5.69 Å². The number of aryl methyl sites for hydroxylation is 2. The van der Waals surface area contributed by atoms with Gasteiger partial charge in [0.1, 0.15) is 5.69 Å². The number of nitrogens with one attached hydrogen (secondary N) is 1. The Morgan fingerprint density at radius 2 is 1.86 bits per heavy atom. The summed E-state index contributed by atoms with van der Waals surface area (Å²) in [6.45, 7) is 1.97. The predicted octanol–water partition coefficient (Wildman–Crippen LogP) is 5.24. The van der Waals surface area contributed by atoms with Crippen molar-refractivity contribution in [3.8, 4) is 23.0 Å². The third kappa shape index (κ3) is 4.21. The van der Waals surface area contributed by atoms with Crippen LogP contribution in [-0.4, -0.2) is 30.1 Å². The first-order valence-electron chi connectivity index (χ1n) is 11.8. The maximum absolute atomic E-state index is 13.1. The minimum atomic E-state index is -0.194. The molecule has 0 aliphatic heterocycles. The highest BCUT2D eigenvalue weighted by Crippen LogP contribution is 2.31.